The van der Waals surface area contributed by atoms with Crippen LogP contribution in [0.4, 0.5) is 0 Å². The Morgan fingerprint density at radius 1 is 0.885 bits per heavy atom. The Morgan fingerprint density at radius 2 is 1.38 bits per heavy atom. The van der Waals surface area contributed by atoms with Crippen molar-refractivity contribution < 1.29 is 24.2 Å². The number of hydrogen-bond acceptors (Lipinski definition) is 5. The maximum absolute atomic E-state index is 12.9. The normalized spacial score (nSPS) is 16.1. The fraction of sp³-hybridized carbons (Fsp3) is 0.300. The van der Waals surface area contributed by atoms with Crippen molar-refractivity contribution in [2.75, 3.05) is 14.2 Å². The number of benzene rings is 2. The number of imide groups is 1. The van der Waals surface area contributed by atoms with Gasteiger partial charge in [0, 0.05) is 14.2 Å². The van der Waals surface area contributed by atoms with Crippen molar-refractivity contribution in [3.05, 3.63) is 71.3 Å². The Morgan fingerprint density at radius 3 is 1.88 bits per heavy atom. The highest BCUT2D eigenvalue weighted by atomic mass is 16.7. The fourth-order valence-corrected chi connectivity index (χ4v) is 3.29. The molecule has 3 rings (SSSR count). The molecule has 2 atom stereocenters. The maximum Gasteiger partial charge on any atom is 0.261 e. The molecule has 26 heavy (non-hydrogen) atoms. The molecule has 2 unspecified atom stereocenters. The third-order valence-corrected chi connectivity index (χ3v) is 4.58. The summed E-state index contributed by atoms with van der Waals surface area (Å²) in [5.74, 6) is -0.840. The number of aliphatic hydroxyl groups excluding tert-OH is 1. The van der Waals surface area contributed by atoms with Gasteiger partial charge in [-0.25, -0.2) is 0 Å². The number of amides is 2. The van der Waals surface area contributed by atoms with Crippen molar-refractivity contribution in [3.63, 3.8) is 0 Å². The topological polar surface area (TPSA) is 76.1 Å². The van der Waals surface area contributed by atoms with Crippen molar-refractivity contribution in [2.24, 2.45) is 0 Å². The monoisotopic (exact) mass is 355 g/mol. The van der Waals surface area contributed by atoms with E-state index in [0.29, 0.717) is 11.1 Å². The maximum atomic E-state index is 12.9. The van der Waals surface area contributed by atoms with Crippen LogP contribution in [0.15, 0.2) is 54.6 Å². The Bertz CT molecular complexity index is 753. The van der Waals surface area contributed by atoms with Gasteiger partial charge in [0.15, 0.2) is 6.29 Å². The zero-order valence-corrected chi connectivity index (χ0v) is 14.7. The molecule has 6 heteroatoms. The van der Waals surface area contributed by atoms with E-state index >= 15 is 0 Å². The second-order valence-electron chi connectivity index (χ2n) is 6.11. The Balaban J connectivity index is 1.98. The van der Waals surface area contributed by atoms with E-state index in [4.69, 9.17) is 9.47 Å². The third kappa shape index (κ3) is 3.26. The van der Waals surface area contributed by atoms with Gasteiger partial charge >= 0.3 is 0 Å². The molecule has 0 radical (unpaired) electrons. The minimum absolute atomic E-state index is 0.288. The average Bonchev–Trinajstić information content (AvgIpc) is 2.93. The first-order valence-electron chi connectivity index (χ1n) is 8.33. The largest absolute Gasteiger partial charge is 0.386 e. The van der Waals surface area contributed by atoms with Gasteiger partial charge in [0.05, 0.1) is 17.2 Å². The molecule has 0 spiro atoms. The van der Waals surface area contributed by atoms with E-state index in [2.05, 4.69) is 0 Å². The van der Waals surface area contributed by atoms with Crippen molar-refractivity contribution in [2.45, 2.75) is 24.9 Å². The summed E-state index contributed by atoms with van der Waals surface area (Å²) in [4.78, 5) is 26.8. The standard InChI is InChI=1S/C20H21NO5/c1-25-20(26-2)17(22)16(12-13-8-4-3-5-9-13)21-18(23)14-10-6-7-11-15(14)19(21)24/h3-11,16-17,20,22H,12H2,1-2H3. The first-order chi connectivity index (χ1) is 12.6. The van der Waals surface area contributed by atoms with Gasteiger partial charge in [0.25, 0.3) is 11.8 Å². The van der Waals surface area contributed by atoms with Gasteiger partial charge in [-0.2, -0.15) is 0 Å². The minimum atomic E-state index is -1.20. The smallest absolute Gasteiger partial charge is 0.261 e. The van der Waals surface area contributed by atoms with Crippen molar-refractivity contribution in [3.8, 4) is 0 Å². The number of nitrogens with zero attached hydrogens (tertiary/aromatic N) is 1. The molecule has 0 bridgehead atoms. The summed E-state index contributed by atoms with van der Waals surface area (Å²) in [6.45, 7) is 0. The predicted molar refractivity (Wildman–Crippen MR) is 94.7 cm³/mol. The molecular weight excluding hydrogens is 334 g/mol. The van der Waals surface area contributed by atoms with Crippen LogP contribution in [0.3, 0.4) is 0 Å². The van der Waals surface area contributed by atoms with Crippen LogP contribution >= 0.6 is 0 Å². The van der Waals surface area contributed by atoms with E-state index in [0.717, 1.165) is 10.5 Å². The molecule has 2 aromatic carbocycles. The van der Waals surface area contributed by atoms with Gasteiger partial charge in [-0.15, -0.1) is 0 Å². The van der Waals surface area contributed by atoms with Crippen LogP contribution in [0.25, 0.3) is 0 Å². The molecule has 2 aromatic rings. The Hall–Kier alpha value is -2.54. The summed E-state index contributed by atoms with van der Waals surface area (Å²) in [6.07, 6.45) is -1.88. The lowest BCUT2D eigenvalue weighted by Crippen LogP contribution is -2.53. The van der Waals surface area contributed by atoms with E-state index in [1.54, 1.807) is 24.3 Å². The highest BCUT2D eigenvalue weighted by Gasteiger charge is 2.44. The quantitative estimate of drug-likeness (QED) is 0.606. The van der Waals surface area contributed by atoms with Gasteiger partial charge in [-0.05, 0) is 24.1 Å². The van der Waals surface area contributed by atoms with Crippen LogP contribution in [0.1, 0.15) is 26.3 Å². The van der Waals surface area contributed by atoms with Gasteiger partial charge in [0.1, 0.15) is 6.10 Å². The van der Waals surface area contributed by atoms with Crippen LogP contribution in [-0.4, -0.2) is 54.5 Å². The highest BCUT2D eigenvalue weighted by Crippen LogP contribution is 2.28. The summed E-state index contributed by atoms with van der Waals surface area (Å²) < 4.78 is 10.3. The Kier molecular flexibility index (Phi) is 5.46. The summed E-state index contributed by atoms with van der Waals surface area (Å²) in [6, 6.07) is 15.2. The number of carbonyl (C=O) groups excluding carboxylic acids is 2. The molecule has 6 nitrogen and oxygen atoms in total. The molecule has 0 aliphatic carbocycles. The van der Waals surface area contributed by atoms with E-state index in [1.165, 1.54) is 14.2 Å². The molecule has 0 aromatic heterocycles. The first kappa shape index (κ1) is 18.3. The van der Waals surface area contributed by atoms with Crippen LogP contribution < -0.4 is 0 Å². The van der Waals surface area contributed by atoms with Crippen LogP contribution in [0.2, 0.25) is 0 Å². The molecule has 1 aliphatic rings. The average molecular weight is 355 g/mol. The zero-order valence-electron chi connectivity index (χ0n) is 14.7. The molecule has 1 aliphatic heterocycles. The van der Waals surface area contributed by atoms with Crippen LogP contribution in [-0.2, 0) is 15.9 Å². The zero-order chi connectivity index (χ0) is 18.7. The van der Waals surface area contributed by atoms with Crippen molar-refractivity contribution in [1.82, 2.24) is 4.90 Å². The number of carbonyl (C=O) groups is 2. The van der Waals surface area contributed by atoms with Crippen LogP contribution in [0.5, 0.6) is 0 Å². The van der Waals surface area contributed by atoms with E-state index < -0.39 is 30.3 Å². The van der Waals surface area contributed by atoms with Crippen LogP contribution in [0, 0.1) is 0 Å². The molecule has 0 saturated carbocycles. The first-order valence-corrected chi connectivity index (χ1v) is 8.33. The lowest BCUT2D eigenvalue weighted by molar-refractivity contribution is -0.176. The third-order valence-electron chi connectivity index (χ3n) is 4.58. The minimum Gasteiger partial charge on any atom is -0.386 e. The number of aliphatic hydroxyl groups is 1. The van der Waals surface area contributed by atoms with Crippen molar-refractivity contribution in [1.29, 1.82) is 0 Å². The fourth-order valence-electron chi connectivity index (χ4n) is 3.29. The van der Waals surface area contributed by atoms with E-state index in [-0.39, 0.29) is 6.42 Å². The number of methoxy groups -OCH3 is 2. The summed E-state index contributed by atoms with van der Waals surface area (Å²) in [5.41, 5.74) is 1.57. The summed E-state index contributed by atoms with van der Waals surface area (Å²) in [5, 5.41) is 10.8. The summed E-state index contributed by atoms with van der Waals surface area (Å²) >= 11 is 0. The Labute approximate surface area is 152 Å². The molecular formula is C20H21NO5. The number of ether oxygens (including phenoxy) is 2. The molecule has 0 fully saturated rings. The lowest BCUT2D eigenvalue weighted by atomic mass is 9.99. The lowest BCUT2D eigenvalue weighted by Gasteiger charge is -2.33. The van der Waals surface area contributed by atoms with Gasteiger partial charge in [-0.3, -0.25) is 14.5 Å². The number of fused-ring (bicyclic) bond motifs is 1. The van der Waals surface area contributed by atoms with E-state index in [9.17, 15) is 14.7 Å². The molecule has 1 heterocycles. The van der Waals surface area contributed by atoms with Crippen molar-refractivity contribution >= 4 is 11.8 Å². The van der Waals surface area contributed by atoms with Gasteiger partial charge < -0.3 is 14.6 Å². The van der Waals surface area contributed by atoms with Gasteiger partial charge in [-0.1, -0.05) is 42.5 Å². The number of rotatable bonds is 7. The highest BCUT2D eigenvalue weighted by molar-refractivity contribution is 6.21. The van der Waals surface area contributed by atoms with E-state index in [1.807, 2.05) is 30.3 Å². The molecule has 136 valence electrons. The summed E-state index contributed by atoms with van der Waals surface area (Å²) in [7, 11) is 2.80. The van der Waals surface area contributed by atoms with Gasteiger partial charge in [0.2, 0.25) is 0 Å². The SMILES string of the molecule is COC(OC)C(O)C(Cc1ccccc1)N1C(=O)c2ccccc2C1=O. The molecule has 1 N–H and O–H groups in total. The second-order valence-corrected chi connectivity index (χ2v) is 6.11. The number of hydrogen-bond donors (Lipinski definition) is 1. The molecule has 0 saturated heterocycles. The second kappa shape index (κ2) is 7.78. The predicted octanol–water partition coefficient (Wildman–Crippen LogP) is 1.87. The molecule has 2 amide bonds.